The van der Waals surface area contributed by atoms with Crippen LogP contribution in [0.3, 0.4) is 0 Å². The molecule has 3 rings (SSSR count). The molecule has 0 N–H and O–H groups in total. The van der Waals surface area contributed by atoms with Crippen LogP contribution in [0.25, 0.3) is 0 Å². The monoisotopic (exact) mass is 441 g/mol. The molecule has 1 atom stereocenters. The molecule has 1 heterocycles. The zero-order valence-electron chi connectivity index (χ0n) is 18.5. The molecule has 1 aromatic carbocycles. The summed E-state index contributed by atoms with van der Waals surface area (Å²) in [5.74, 6) is 0.171. The Morgan fingerprint density at radius 1 is 1.07 bits per heavy atom. The molecule has 0 spiro atoms. The quantitative estimate of drug-likeness (QED) is 0.495. The Morgan fingerprint density at radius 2 is 1.73 bits per heavy atom. The van der Waals surface area contributed by atoms with Crippen molar-refractivity contribution < 1.29 is 8.42 Å². The number of sulfone groups is 1. The van der Waals surface area contributed by atoms with E-state index in [1.807, 2.05) is 6.07 Å². The predicted molar refractivity (Wildman–Crippen MR) is 128 cm³/mol. The molecular weight excluding hydrogens is 406 g/mol. The minimum atomic E-state index is -3.57. The minimum Gasteiger partial charge on any atom is -0.245 e. The zero-order chi connectivity index (χ0) is 21.6. The van der Waals surface area contributed by atoms with Gasteiger partial charge in [-0.3, -0.25) is 0 Å². The Labute approximate surface area is 183 Å². The van der Waals surface area contributed by atoms with Crippen molar-refractivity contribution in [2.75, 3.05) is 0 Å². The summed E-state index contributed by atoms with van der Waals surface area (Å²) >= 11 is 0. The van der Waals surface area contributed by atoms with Crippen molar-refractivity contribution in [3.8, 4) is 0 Å². The van der Waals surface area contributed by atoms with E-state index in [-0.39, 0.29) is 10.9 Å². The number of unbranched alkanes of at least 4 members (excludes halogenated alkanes) is 1. The normalized spacial score (nSPS) is 17.6. The highest BCUT2D eigenvalue weighted by molar-refractivity contribution is 7.92. The first-order valence-corrected chi connectivity index (χ1v) is 15.8. The maximum absolute atomic E-state index is 14.0. The first-order chi connectivity index (χ1) is 14.4. The van der Waals surface area contributed by atoms with E-state index in [0.717, 1.165) is 38.5 Å². The number of benzene rings is 1. The lowest BCUT2D eigenvalue weighted by molar-refractivity contribution is 0.357. The van der Waals surface area contributed by atoms with Gasteiger partial charge in [0.25, 0.3) is 0 Å². The molecule has 0 aliphatic heterocycles. The van der Waals surface area contributed by atoms with Crippen molar-refractivity contribution in [2.45, 2.75) is 75.2 Å². The van der Waals surface area contributed by atoms with Crippen molar-refractivity contribution >= 4 is 23.1 Å². The predicted octanol–water partition coefficient (Wildman–Crippen LogP) is 5.69. The Kier molecular flexibility index (Phi) is 7.69. The molecule has 2 aromatic rings. The number of hydrogen-bond donors (Lipinski definition) is 0. The van der Waals surface area contributed by atoms with Crippen LogP contribution in [0.1, 0.15) is 51.9 Å². The Morgan fingerprint density at radius 3 is 2.33 bits per heavy atom. The van der Waals surface area contributed by atoms with Crippen LogP contribution in [0.5, 0.6) is 0 Å². The molecule has 0 amide bonds. The number of nitrogens with zero attached hydrogens (tertiary/aromatic N) is 1. The van der Waals surface area contributed by atoms with Crippen LogP contribution in [0.15, 0.2) is 71.0 Å². The van der Waals surface area contributed by atoms with Crippen LogP contribution in [0.4, 0.5) is 0 Å². The SMILES string of the molecule is CCC/C=C(\C(C1CCCCC1)S(=O)(=O)c1ccccn1)[Si](C)(C)c1ccccc1. The van der Waals surface area contributed by atoms with Gasteiger partial charge in [0.05, 0.1) is 5.25 Å². The smallest absolute Gasteiger partial charge is 0.202 e. The van der Waals surface area contributed by atoms with Crippen LogP contribution < -0.4 is 5.19 Å². The average Bonchev–Trinajstić information content (AvgIpc) is 2.78. The molecule has 1 aliphatic carbocycles. The molecule has 1 aliphatic rings. The Hall–Kier alpha value is -1.72. The van der Waals surface area contributed by atoms with Gasteiger partial charge in [-0.15, -0.1) is 0 Å². The third-order valence-corrected chi connectivity index (χ3v) is 12.6. The molecule has 0 bridgehead atoms. The molecule has 0 saturated heterocycles. The molecule has 0 radical (unpaired) electrons. The molecule has 5 heteroatoms. The minimum absolute atomic E-state index is 0.171. The van der Waals surface area contributed by atoms with E-state index >= 15 is 0 Å². The number of hydrogen-bond acceptors (Lipinski definition) is 3. The van der Waals surface area contributed by atoms with Crippen molar-refractivity contribution in [1.29, 1.82) is 0 Å². The second-order valence-electron chi connectivity index (χ2n) is 8.97. The summed E-state index contributed by atoms with van der Waals surface area (Å²) in [6.07, 6.45) is 11.2. The number of aromatic nitrogens is 1. The lowest BCUT2D eigenvalue weighted by atomic mass is 9.86. The van der Waals surface area contributed by atoms with Gasteiger partial charge in [0.15, 0.2) is 5.03 Å². The highest BCUT2D eigenvalue weighted by Gasteiger charge is 2.44. The highest BCUT2D eigenvalue weighted by Crippen LogP contribution is 2.39. The van der Waals surface area contributed by atoms with E-state index in [9.17, 15) is 8.42 Å². The maximum Gasteiger partial charge on any atom is 0.202 e. The van der Waals surface area contributed by atoms with E-state index in [1.165, 1.54) is 16.8 Å². The van der Waals surface area contributed by atoms with Crippen molar-refractivity contribution in [3.05, 3.63) is 66.0 Å². The molecule has 30 heavy (non-hydrogen) atoms. The second kappa shape index (κ2) is 10.1. The van der Waals surface area contributed by atoms with Gasteiger partial charge in [0, 0.05) is 6.20 Å². The number of rotatable bonds is 8. The molecular formula is C25H35NO2SSi. The fourth-order valence-corrected chi connectivity index (χ4v) is 11.1. The van der Waals surface area contributed by atoms with E-state index in [0.29, 0.717) is 0 Å². The van der Waals surface area contributed by atoms with Gasteiger partial charge in [0.2, 0.25) is 9.84 Å². The second-order valence-corrected chi connectivity index (χ2v) is 15.4. The van der Waals surface area contributed by atoms with Crippen LogP contribution >= 0.6 is 0 Å². The van der Waals surface area contributed by atoms with Gasteiger partial charge >= 0.3 is 0 Å². The number of allylic oxidation sites excluding steroid dienone is 1. The summed E-state index contributed by atoms with van der Waals surface area (Å²) in [4.78, 5) is 4.28. The summed E-state index contributed by atoms with van der Waals surface area (Å²) in [5.41, 5.74) is 0. The van der Waals surface area contributed by atoms with Gasteiger partial charge < -0.3 is 0 Å². The summed E-state index contributed by atoms with van der Waals surface area (Å²) in [7, 11) is -5.75. The molecule has 1 unspecified atom stereocenters. The average molecular weight is 442 g/mol. The first-order valence-electron chi connectivity index (χ1n) is 11.3. The molecule has 1 saturated carbocycles. The largest absolute Gasteiger partial charge is 0.245 e. The lowest BCUT2D eigenvalue weighted by Gasteiger charge is -2.38. The van der Waals surface area contributed by atoms with Crippen molar-refractivity contribution in [1.82, 2.24) is 4.98 Å². The van der Waals surface area contributed by atoms with Gasteiger partial charge in [0.1, 0.15) is 8.07 Å². The van der Waals surface area contributed by atoms with E-state index < -0.39 is 23.2 Å². The van der Waals surface area contributed by atoms with Crippen molar-refractivity contribution in [2.24, 2.45) is 5.92 Å². The third kappa shape index (κ3) is 4.94. The molecule has 1 aromatic heterocycles. The van der Waals surface area contributed by atoms with Crippen LogP contribution in [-0.4, -0.2) is 26.7 Å². The summed E-state index contributed by atoms with van der Waals surface area (Å²) in [6.45, 7) is 6.79. The summed E-state index contributed by atoms with van der Waals surface area (Å²) < 4.78 is 28.1. The third-order valence-electron chi connectivity index (χ3n) is 6.52. The first kappa shape index (κ1) is 23.0. The molecule has 162 valence electrons. The standard InChI is InChI=1S/C25H35NO2SSi/c1-4-5-18-23(30(2,3)22-16-10-7-11-17-22)25(21-14-8-6-9-15-21)29(27,28)24-19-12-13-20-26-24/h7,10-13,16-21,25H,4-6,8-9,14-15H2,1-3H3/b23-18+. The highest BCUT2D eigenvalue weighted by atomic mass is 32.2. The van der Waals surface area contributed by atoms with Gasteiger partial charge in [-0.2, -0.15) is 0 Å². The fourth-order valence-electron chi connectivity index (χ4n) is 4.81. The molecule has 3 nitrogen and oxygen atoms in total. The number of pyridine rings is 1. The maximum atomic E-state index is 14.0. The Balaban J connectivity index is 2.17. The van der Waals surface area contributed by atoms with Crippen molar-refractivity contribution in [3.63, 3.8) is 0 Å². The van der Waals surface area contributed by atoms with Gasteiger partial charge in [-0.05, 0) is 37.3 Å². The Bertz CT molecular complexity index is 934. The van der Waals surface area contributed by atoms with Gasteiger partial charge in [-0.25, -0.2) is 13.4 Å². The lowest BCUT2D eigenvalue weighted by Crippen LogP contribution is -2.51. The summed E-state index contributed by atoms with van der Waals surface area (Å²) in [5, 5.41) is 2.22. The van der Waals surface area contributed by atoms with E-state index in [2.05, 4.69) is 55.3 Å². The topological polar surface area (TPSA) is 47.0 Å². The van der Waals surface area contributed by atoms with Crippen LogP contribution in [0.2, 0.25) is 13.1 Å². The van der Waals surface area contributed by atoms with Gasteiger partial charge in [-0.1, -0.05) is 98.6 Å². The summed E-state index contributed by atoms with van der Waals surface area (Å²) in [6, 6.07) is 15.8. The van der Waals surface area contributed by atoms with E-state index in [4.69, 9.17) is 0 Å². The molecule has 1 fully saturated rings. The fraction of sp³-hybridized carbons (Fsp3) is 0.480. The van der Waals surface area contributed by atoms with Crippen LogP contribution in [-0.2, 0) is 9.84 Å². The zero-order valence-corrected chi connectivity index (χ0v) is 20.4. The van der Waals surface area contributed by atoms with E-state index in [1.54, 1.807) is 24.4 Å². The van der Waals surface area contributed by atoms with Crippen LogP contribution in [0, 0.1) is 5.92 Å².